The maximum atomic E-state index is 12.2. The first kappa shape index (κ1) is 14.0. The van der Waals surface area contributed by atoms with Crippen molar-refractivity contribution in [2.75, 3.05) is 4.72 Å². The number of aryl methyl sites for hydroxylation is 1. The van der Waals surface area contributed by atoms with Crippen molar-refractivity contribution < 1.29 is 8.42 Å². The lowest BCUT2D eigenvalue weighted by molar-refractivity contribution is 0.600. The van der Waals surface area contributed by atoms with Crippen LogP contribution in [0.1, 0.15) is 24.7 Å². The Balaban J connectivity index is 2.29. The number of hydrogen-bond donors (Lipinski definition) is 2. The van der Waals surface area contributed by atoms with E-state index in [0.717, 1.165) is 18.5 Å². The molecule has 0 aliphatic heterocycles. The summed E-state index contributed by atoms with van der Waals surface area (Å²) >= 11 is 0. The van der Waals surface area contributed by atoms with Crippen molar-refractivity contribution in [2.45, 2.75) is 24.7 Å². The Kier molecular flexibility index (Phi) is 4.00. The Morgan fingerprint density at radius 3 is 3.00 bits per heavy atom. The SMILES string of the molecule is CCCc1cc(NS(=O)(=O)c2cccnc2C#N)n[nH]1. The van der Waals surface area contributed by atoms with Gasteiger partial charge in [-0.15, -0.1) is 0 Å². The number of sulfonamides is 1. The average molecular weight is 291 g/mol. The zero-order valence-corrected chi connectivity index (χ0v) is 11.6. The zero-order valence-electron chi connectivity index (χ0n) is 10.8. The predicted molar refractivity (Wildman–Crippen MR) is 72.3 cm³/mol. The summed E-state index contributed by atoms with van der Waals surface area (Å²) in [7, 11) is -3.88. The largest absolute Gasteiger partial charge is 0.280 e. The summed E-state index contributed by atoms with van der Waals surface area (Å²) in [6.07, 6.45) is 3.08. The lowest BCUT2D eigenvalue weighted by Gasteiger charge is -2.05. The monoisotopic (exact) mass is 291 g/mol. The van der Waals surface area contributed by atoms with Crippen LogP contribution in [0.2, 0.25) is 0 Å². The summed E-state index contributed by atoms with van der Waals surface area (Å²) in [6, 6.07) is 6.17. The molecular formula is C12H13N5O2S. The molecule has 2 aromatic heterocycles. The highest BCUT2D eigenvalue weighted by atomic mass is 32.2. The molecule has 7 nitrogen and oxygen atoms in total. The summed E-state index contributed by atoms with van der Waals surface area (Å²) in [6.45, 7) is 2.01. The van der Waals surface area contributed by atoms with Gasteiger partial charge >= 0.3 is 0 Å². The summed E-state index contributed by atoms with van der Waals surface area (Å²) in [5.74, 6) is 0.196. The molecule has 20 heavy (non-hydrogen) atoms. The van der Waals surface area contributed by atoms with Gasteiger partial charge in [-0.2, -0.15) is 10.4 Å². The minimum atomic E-state index is -3.88. The van der Waals surface area contributed by atoms with Crippen LogP contribution in [-0.4, -0.2) is 23.6 Å². The smallest absolute Gasteiger partial charge is 0.265 e. The maximum Gasteiger partial charge on any atom is 0.265 e. The Labute approximate surface area is 116 Å². The van der Waals surface area contributed by atoms with E-state index in [1.165, 1.54) is 18.3 Å². The number of nitrogens with zero attached hydrogens (tertiary/aromatic N) is 3. The lowest BCUT2D eigenvalue weighted by atomic mass is 10.2. The number of nitriles is 1. The van der Waals surface area contributed by atoms with E-state index < -0.39 is 10.0 Å². The molecule has 0 fully saturated rings. The molecule has 0 saturated heterocycles. The normalized spacial score (nSPS) is 11.0. The van der Waals surface area contributed by atoms with Crippen molar-refractivity contribution in [2.24, 2.45) is 0 Å². The van der Waals surface area contributed by atoms with Gasteiger partial charge in [0, 0.05) is 18.0 Å². The highest BCUT2D eigenvalue weighted by Gasteiger charge is 2.20. The Hall–Kier alpha value is -2.40. The number of anilines is 1. The van der Waals surface area contributed by atoms with E-state index >= 15 is 0 Å². The second-order valence-electron chi connectivity index (χ2n) is 4.10. The minimum absolute atomic E-state index is 0.149. The molecule has 0 saturated carbocycles. The Morgan fingerprint density at radius 2 is 2.30 bits per heavy atom. The second-order valence-corrected chi connectivity index (χ2v) is 5.75. The molecule has 0 radical (unpaired) electrons. The molecule has 2 heterocycles. The van der Waals surface area contributed by atoms with Gasteiger partial charge in [-0.25, -0.2) is 13.4 Å². The first-order valence-corrected chi connectivity index (χ1v) is 7.47. The van der Waals surface area contributed by atoms with E-state index in [1.54, 1.807) is 12.1 Å². The van der Waals surface area contributed by atoms with Gasteiger partial charge in [0.05, 0.1) is 0 Å². The molecule has 0 aromatic carbocycles. The molecule has 0 aliphatic carbocycles. The van der Waals surface area contributed by atoms with Gasteiger partial charge in [0.1, 0.15) is 11.0 Å². The van der Waals surface area contributed by atoms with Gasteiger partial charge in [0.15, 0.2) is 11.5 Å². The number of pyridine rings is 1. The van der Waals surface area contributed by atoms with Crippen LogP contribution in [0, 0.1) is 11.3 Å². The number of aromatic amines is 1. The van der Waals surface area contributed by atoms with Gasteiger partial charge in [-0.1, -0.05) is 13.3 Å². The van der Waals surface area contributed by atoms with Crippen LogP contribution in [0.15, 0.2) is 29.3 Å². The summed E-state index contributed by atoms with van der Waals surface area (Å²) < 4.78 is 26.7. The van der Waals surface area contributed by atoms with Crippen molar-refractivity contribution in [1.29, 1.82) is 5.26 Å². The Bertz CT molecular complexity index is 745. The Morgan fingerprint density at radius 1 is 1.50 bits per heavy atom. The van der Waals surface area contributed by atoms with Crippen molar-refractivity contribution in [3.05, 3.63) is 35.8 Å². The third-order valence-electron chi connectivity index (χ3n) is 2.56. The quantitative estimate of drug-likeness (QED) is 0.865. The van der Waals surface area contributed by atoms with E-state index in [2.05, 4.69) is 19.9 Å². The fourth-order valence-corrected chi connectivity index (χ4v) is 2.80. The zero-order chi connectivity index (χ0) is 14.6. The molecular weight excluding hydrogens is 278 g/mol. The number of aromatic nitrogens is 3. The van der Waals surface area contributed by atoms with Gasteiger partial charge < -0.3 is 0 Å². The molecule has 0 aliphatic rings. The summed E-state index contributed by atoms with van der Waals surface area (Å²) in [4.78, 5) is 3.57. The molecule has 8 heteroatoms. The molecule has 0 bridgehead atoms. The molecule has 0 spiro atoms. The maximum absolute atomic E-state index is 12.2. The first-order valence-electron chi connectivity index (χ1n) is 5.99. The predicted octanol–water partition coefficient (Wildman–Crippen LogP) is 1.43. The van der Waals surface area contributed by atoms with Crippen molar-refractivity contribution >= 4 is 15.8 Å². The fourth-order valence-electron chi connectivity index (χ4n) is 1.70. The molecule has 104 valence electrons. The highest BCUT2D eigenvalue weighted by molar-refractivity contribution is 7.92. The standard InChI is InChI=1S/C12H13N5O2S/c1-2-4-9-7-12(16-15-9)17-20(18,19)11-5-3-6-14-10(11)8-13/h3,5-7H,2,4H2,1H3,(H2,15,16,17). The molecule has 2 N–H and O–H groups in total. The second kappa shape index (κ2) is 5.71. The van der Waals surface area contributed by atoms with Gasteiger partial charge in [0.25, 0.3) is 10.0 Å². The van der Waals surface area contributed by atoms with Crippen LogP contribution in [0.5, 0.6) is 0 Å². The third kappa shape index (κ3) is 2.95. The topological polar surface area (TPSA) is 112 Å². The highest BCUT2D eigenvalue weighted by Crippen LogP contribution is 2.17. The van der Waals surface area contributed by atoms with Crippen molar-refractivity contribution in [1.82, 2.24) is 15.2 Å². The lowest BCUT2D eigenvalue weighted by Crippen LogP contribution is -2.15. The number of hydrogen-bond acceptors (Lipinski definition) is 5. The third-order valence-corrected chi connectivity index (χ3v) is 3.94. The molecule has 0 unspecified atom stereocenters. The minimum Gasteiger partial charge on any atom is -0.280 e. The van der Waals surface area contributed by atoms with Crippen LogP contribution < -0.4 is 4.72 Å². The van der Waals surface area contributed by atoms with E-state index in [9.17, 15) is 8.42 Å². The van der Waals surface area contributed by atoms with Crippen LogP contribution in [0.4, 0.5) is 5.82 Å². The van der Waals surface area contributed by atoms with Crippen LogP contribution in [-0.2, 0) is 16.4 Å². The molecule has 2 rings (SSSR count). The van der Waals surface area contributed by atoms with Crippen molar-refractivity contribution in [3.63, 3.8) is 0 Å². The molecule has 0 amide bonds. The molecule has 2 aromatic rings. The van der Waals surface area contributed by atoms with Gasteiger partial charge in [-0.05, 0) is 18.6 Å². The van der Waals surface area contributed by atoms with Crippen LogP contribution in [0.25, 0.3) is 0 Å². The number of nitrogens with one attached hydrogen (secondary N) is 2. The first-order chi connectivity index (χ1) is 9.56. The van der Waals surface area contributed by atoms with Gasteiger partial charge in [-0.3, -0.25) is 9.82 Å². The average Bonchev–Trinajstić information content (AvgIpc) is 2.85. The van der Waals surface area contributed by atoms with Crippen LogP contribution in [0.3, 0.4) is 0 Å². The number of H-pyrrole nitrogens is 1. The van der Waals surface area contributed by atoms with Crippen molar-refractivity contribution in [3.8, 4) is 6.07 Å². The van der Waals surface area contributed by atoms with E-state index in [0.29, 0.717) is 0 Å². The fraction of sp³-hybridized carbons (Fsp3) is 0.250. The van der Waals surface area contributed by atoms with E-state index in [4.69, 9.17) is 5.26 Å². The number of rotatable bonds is 5. The van der Waals surface area contributed by atoms with Gasteiger partial charge in [0.2, 0.25) is 0 Å². The van der Waals surface area contributed by atoms with Crippen LogP contribution >= 0.6 is 0 Å². The molecule has 0 atom stereocenters. The summed E-state index contributed by atoms with van der Waals surface area (Å²) in [5.41, 5.74) is 0.696. The summed E-state index contributed by atoms with van der Waals surface area (Å²) in [5, 5.41) is 15.5. The van der Waals surface area contributed by atoms with E-state index in [-0.39, 0.29) is 16.4 Å². The van der Waals surface area contributed by atoms with E-state index in [1.807, 2.05) is 6.92 Å².